The van der Waals surface area contributed by atoms with Gasteiger partial charge >= 0.3 is 0 Å². The molecule has 0 radical (unpaired) electrons. The molecule has 0 saturated heterocycles. The molecule has 0 aromatic carbocycles. The smallest absolute Gasteiger partial charge is 0.00369 e. The molecule has 18 heavy (non-hydrogen) atoms. The van der Waals surface area contributed by atoms with E-state index < -0.39 is 0 Å². The molecule has 0 unspecified atom stereocenters. The van der Waals surface area contributed by atoms with Gasteiger partial charge in [-0.15, -0.1) is 0 Å². The van der Waals surface area contributed by atoms with Crippen molar-refractivity contribution in [3.63, 3.8) is 0 Å². The minimum absolute atomic E-state index is 1.26. The van der Waals surface area contributed by atoms with Crippen LogP contribution in [0.4, 0.5) is 0 Å². The topological polar surface area (TPSA) is 0 Å². The zero-order valence-electron chi connectivity index (χ0n) is 12.2. The van der Waals surface area contributed by atoms with E-state index in [1.165, 1.54) is 62.9 Å². The summed E-state index contributed by atoms with van der Waals surface area (Å²) in [4.78, 5) is 0. The molecule has 0 rings (SSSR count). The summed E-state index contributed by atoms with van der Waals surface area (Å²) >= 11 is 0. The number of hydrogen-bond acceptors (Lipinski definition) is 2. The first-order valence-corrected chi connectivity index (χ1v) is 9.87. The van der Waals surface area contributed by atoms with Crippen LogP contribution in [0.25, 0.3) is 0 Å². The molecule has 0 bridgehead atoms. The highest BCUT2D eigenvalue weighted by molar-refractivity contribution is 8.76. The van der Waals surface area contributed by atoms with Crippen molar-refractivity contribution < 1.29 is 0 Å². The van der Waals surface area contributed by atoms with Crippen molar-refractivity contribution in [2.45, 2.75) is 65.2 Å². The van der Waals surface area contributed by atoms with Crippen molar-refractivity contribution in [1.29, 1.82) is 0 Å². The SMILES string of the molecule is C/C=C/CCCCCSSCCCCC/C=C/C. The zero-order valence-corrected chi connectivity index (χ0v) is 13.8. The summed E-state index contributed by atoms with van der Waals surface area (Å²) in [6.07, 6.45) is 19.7. The fraction of sp³-hybridized carbons (Fsp3) is 0.750. The summed E-state index contributed by atoms with van der Waals surface area (Å²) in [6.45, 7) is 4.20. The Bertz CT molecular complexity index is 175. The minimum atomic E-state index is 1.26. The Kier molecular flexibility index (Phi) is 17.4. The predicted octanol–water partition coefficient (Wildman–Crippen LogP) is 6.64. The number of allylic oxidation sites excluding steroid dienone is 4. The molecule has 0 saturated carbocycles. The predicted molar refractivity (Wildman–Crippen MR) is 91.5 cm³/mol. The van der Waals surface area contributed by atoms with Crippen LogP contribution >= 0.6 is 21.6 Å². The van der Waals surface area contributed by atoms with Gasteiger partial charge in [-0.05, 0) is 52.4 Å². The summed E-state index contributed by atoms with van der Waals surface area (Å²) in [5.41, 5.74) is 0. The summed E-state index contributed by atoms with van der Waals surface area (Å²) in [5, 5.41) is 0. The van der Waals surface area contributed by atoms with Gasteiger partial charge in [0.05, 0.1) is 0 Å². The maximum atomic E-state index is 2.27. The van der Waals surface area contributed by atoms with E-state index in [-0.39, 0.29) is 0 Å². The maximum Gasteiger partial charge on any atom is 0.00369 e. The standard InChI is InChI=1S/C16H30S2/c1-3-5-7-9-11-13-15-17-18-16-14-12-10-8-6-4-2/h3-6H,7-16H2,1-2H3/b5-3+,6-4+. The Morgan fingerprint density at radius 3 is 1.44 bits per heavy atom. The molecule has 0 heterocycles. The van der Waals surface area contributed by atoms with Crippen LogP contribution in [0.2, 0.25) is 0 Å². The van der Waals surface area contributed by atoms with E-state index in [0.717, 1.165) is 0 Å². The van der Waals surface area contributed by atoms with Gasteiger partial charge in [0, 0.05) is 11.5 Å². The second-order valence-corrected chi connectivity index (χ2v) is 7.18. The van der Waals surface area contributed by atoms with Crippen molar-refractivity contribution in [3.05, 3.63) is 24.3 Å². The highest BCUT2D eigenvalue weighted by Gasteiger charge is 1.93. The molecule has 0 aliphatic carbocycles. The molecular weight excluding hydrogens is 256 g/mol. The average Bonchev–Trinajstić information content (AvgIpc) is 2.39. The summed E-state index contributed by atoms with van der Waals surface area (Å²) in [5.74, 6) is 2.66. The van der Waals surface area contributed by atoms with Crippen molar-refractivity contribution in [2.24, 2.45) is 0 Å². The van der Waals surface area contributed by atoms with Crippen LogP contribution < -0.4 is 0 Å². The third kappa shape index (κ3) is 16.2. The summed E-state index contributed by atoms with van der Waals surface area (Å²) < 4.78 is 0. The van der Waals surface area contributed by atoms with Gasteiger partial charge in [0.15, 0.2) is 0 Å². The van der Waals surface area contributed by atoms with E-state index in [0.29, 0.717) is 0 Å². The first-order chi connectivity index (χ1) is 8.91. The first-order valence-electron chi connectivity index (χ1n) is 7.38. The molecule has 0 fully saturated rings. The van der Waals surface area contributed by atoms with Gasteiger partial charge in [0.25, 0.3) is 0 Å². The van der Waals surface area contributed by atoms with Crippen LogP contribution in [0.15, 0.2) is 24.3 Å². The number of hydrogen-bond donors (Lipinski definition) is 0. The van der Waals surface area contributed by atoms with Gasteiger partial charge in [0.2, 0.25) is 0 Å². The quantitative estimate of drug-likeness (QED) is 0.211. The second-order valence-electron chi connectivity index (χ2n) is 4.48. The van der Waals surface area contributed by atoms with Crippen molar-refractivity contribution in [3.8, 4) is 0 Å². The van der Waals surface area contributed by atoms with E-state index in [4.69, 9.17) is 0 Å². The van der Waals surface area contributed by atoms with Gasteiger partial charge in [-0.3, -0.25) is 0 Å². The largest absolute Gasteiger partial charge is 0.0942 e. The summed E-state index contributed by atoms with van der Waals surface area (Å²) in [6, 6.07) is 0. The van der Waals surface area contributed by atoms with Crippen molar-refractivity contribution in [1.82, 2.24) is 0 Å². The Hall–Kier alpha value is 0.180. The van der Waals surface area contributed by atoms with Gasteiger partial charge in [-0.2, -0.15) is 0 Å². The molecule has 0 amide bonds. The van der Waals surface area contributed by atoms with E-state index >= 15 is 0 Å². The lowest BCUT2D eigenvalue weighted by Gasteiger charge is -2.01. The molecular formula is C16H30S2. The van der Waals surface area contributed by atoms with Crippen molar-refractivity contribution in [2.75, 3.05) is 11.5 Å². The third-order valence-corrected chi connectivity index (χ3v) is 5.33. The Morgan fingerprint density at radius 1 is 0.611 bits per heavy atom. The minimum Gasteiger partial charge on any atom is -0.0942 e. The van der Waals surface area contributed by atoms with E-state index in [1.54, 1.807) is 0 Å². The fourth-order valence-corrected chi connectivity index (χ4v) is 3.94. The molecule has 106 valence electrons. The van der Waals surface area contributed by atoms with Crippen molar-refractivity contribution >= 4 is 21.6 Å². The maximum absolute atomic E-state index is 2.27. The van der Waals surface area contributed by atoms with E-state index in [9.17, 15) is 0 Å². The number of unbranched alkanes of at least 4 members (excludes halogenated alkanes) is 6. The Morgan fingerprint density at radius 2 is 1.06 bits per heavy atom. The van der Waals surface area contributed by atoms with Crippen LogP contribution in [0.3, 0.4) is 0 Å². The molecule has 0 spiro atoms. The Balaban J connectivity index is 2.94. The van der Waals surface area contributed by atoms with Crippen LogP contribution in [0.5, 0.6) is 0 Å². The lowest BCUT2D eigenvalue weighted by molar-refractivity contribution is 0.734. The zero-order chi connectivity index (χ0) is 13.3. The highest BCUT2D eigenvalue weighted by Crippen LogP contribution is 2.24. The molecule has 2 heteroatoms. The normalized spacial score (nSPS) is 11.9. The van der Waals surface area contributed by atoms with Crippen LogP contribution in [0, 0.1) is 0 Å². The third-order valence-electron chi connectivity index (χ3n) is 2.75. The molecule has 0 nitrogen and oxygen atoms in total. The van der Waals surface area contributed by atoms with Gasteiger partial charge in [-0.1, -0.05) is 58.7 Å². The second kappa shape index (κ2) is 17.2. The molecule has 0 aliphatic heterocycles. The molecule has 0 atom stereocenters. The lowest BCUT2D eigenvalue weighted by atomic mass is 10.2. The van der Waals surface area contributed by atoms with Gasteiger partial charge < -0.3 is 0 Å². The summed E-state index contributed by atoms with van der Waals surface area (Å²) in [7, 11) is 4.14. The van der Waals surface area contributed by atoms with Crippen LogP contribution in [0.1, 0.15) is 65.2 Å². The monoisotopic (exact) mass is 286 g/mol. The van der Waals surface area contributed by atoms with E-state index in [1.807, 2.05) is 0 Å². The van der Waals surface area contributed by atoms with Gasteiger partial charge in [-0.25, -0.2) is 0 Å². The highest BCUT2D eigenvalue weighted by atomic mass is 33.1. The van der Waals surface area contributed by atoms with Crippen LogP contribution in [-0.2, 0) is 0 Å². The Labute approximate surface area is 122 Å². The lowest BCUT2D eigenvalue weighted by Crippen LogP contribution is -1.81. The molecule has 0 aliphatic rings. The fourth-order valence-electron chi connectivity index (χ4n) is 1.65. The first kappa shape index (κ1) is 18.2. The van der Waals surface area contributed by atoms with Crippen LogP contribution in [-0.4, -0.2) is 11.5 Å². The van der Waals surface area contributed by atoms with Gasteiger partial charge in [0.1, 0.15) is 0 Å². The molecule has 0 N–H and O–H groups in total. The molecule has 0 aromatic rings. The van der Waals surface area contributed by atoms with E-state index in [2.05, 4.69) is 59.7 Å². The number of rotatable bonds is 13. The molecule has 0 aromatic heterocycles. The average molecular weight is 287 g/mol.